The van der Waals surface area contributed by atoms with Crippen LogP contribution in [0.5, 0.6) is 0 Å². The molecule has 3 rings (SSSR count). The predicted octanol–water partition coefficient (Wildman–Crippen LogP) is 3.77. The molecule has 0 unspecified atom stereocenters. The highest BCUT2D eigenvalue weighted by Crippen LogP contribution is 2.31. The Hall–Kier alpha value is -2.40. The predicted molar refractivity (Wildman–Crippen MR) is 92.6 cm³/mol. The lowest BCUT2D eigenvalue weighted by Gasteiger charge is -2.22. The molecule has 1 aliphatic heterocycles. The molecule has 24 heavy (non-hydrogen) atoms. The number of carbonyl (C=O) groups is 1. The maximum Gasteiger partial charge on any atom is 0.414 e. The number of amides is 1. The largest absolute Gasteiger partial charge is 0.444 e. The van der Waals surface area contributed by atoms with Gasteiger partial charge in [-0.25, -0.2) is 9.18 Å². The summed E-state index contributed by atoms with van der Waals surface area (Å²) < 4.78 is 19.1. The lowest BCUT2D eigenvalue weighted by molar-refractivity contribution is 0.110. The highest BCUT2D eigenvalue weighted by molar-refractivity contribution is 5.93. The summed E-state index contributed by atoms with van der Waals surface area (Å²) in [6.07, 6.45) is 0.382. The van der Waals surface area contributed by atoms with E-state index >= 15 is 0 Å². The third-order valence-electron chi connectivity index (χ3n) is 4.29. The maximum absolute atomic E-state index is 13.5. The topological polar surface area (TPSA) is 32.8 Å². The SMILES string of the molecule is CN1CC[C@H](OC(=O)N(C)c2ccccc2-c2cccc(F)c2)C1. The summed E-state index contributed by atoms with van der Waals surface area (Å²) in [7, 11) is 3.69. The van der Waals surface area contributed by atoms with Crippen LogP contribution in [0.15, 0.2) is 48.5 Å². The Kier molecular flexibility index (Phi) is 4.81. The Morgan fingerprint density at radius 2 is 2.04 bits per heavy atom. The van der Waals surface area contributed by atoms with Crippen molar-refractivity contribution in [2.24, 2.45) is 0 Å². The van der Waals surface area contributed by atoms with Crippen LogP contribution in [0.3, 0.4) is 0 Å². The fourth-order valence-electron chi connectivity index (χ4n) is 2.98. The van der Waals surface area contributed by atoms with Crippen LogP contribution in [0.1, 0.15) is 6.42 Å². The summed E-state index contributed by atoms with van der Waals surface area (Å²) in [5, 5.41) is 0. The van der Waals surface area contributed by atoms with Crippen LogP contribution in [0, 0.1) is 5.82 Å². The third kappa shape index (κ3) is 3.57. The molecule has 0 saturated carbocycles. The van der Waals surface area contributed by atoms with Crippen LogP contribution in [0.25, 0.3) is 11.1 Å². The van der Waals surface area contributed by atoms with Crippen molar-refractivity contribution in [1.82, 2.24) is 4.90 Å². The van der Waals surface area contributed by atoms with Gasteiger partial charge in [-0.05, 0) is 37.2 Å². The summed E-state index contributed by atoms with van der Waals surface area (Å²) in [4.78, 5) is 16.1. The van der Waals surface area contributed by atoms with Crippen LogP contribution >= 0.6 is 0 Å². The number of hydrogen-bond donors (Lipinski definition) is 0. The minimum Gasteiger partial charge on any atom is -0.444 e. The number of benzene rings is 2. The normalized spacial score (nSPS) is 17.7. The second-order valence-electron chi connectivity index (χ2n) is 6.14. The Morgan fingerprint density at radius 3 is 2.75 bits per heavy atom. The molecule has 0 aromatic heterocycles. The van der Waals surface area contributed by atoms with E-state index in [0.29, 0.717) is 5.69 Å². The number of nitrogens with zero attached hydrogens (tertiary/aromatic N) is 2. The molecule has 0 bridgehead atoms. The zero-order chi connectivity index (χ0) is 17.1. The monoisotopic (exact) mass is 328 g/mol. The van der Waals surface area contributed by atoms with Crippen LogP contribution in [0.2, 0.25) is 0 Å². The number of rotatable bonds is 3. The molecule has 0 spiro atoms. The molecule has 2 aromatic rings. The van der Waals surface area contributed by atoms with Crippen molar-refractivity contribution < 1.29 is 13.9 Å². The minimum absolute atomic E-state index is 0.0775. The van der Waals surface area contributed by atoms with Crippen molar-refractivity contribution in [1.29, 1.82) is 0 Å². The van der Waals surface area contributed by atoms with Gasteiger partial charge in [0.1, 0.15) is 11.9 Å². The van der Waals surface area contributed by atoms with E-state index in [2.05, 4.69) is 4.90 Å². The molecule has 1 aliphatic rings. The van der Waals surface area contributed by atoms with Crippen molar-refractivity contribution in [3.8, 4) is 11.1 Å². The van der Waals surface area contributed by atoms with Gasteiger partial charge < -0.3 is 9.64 Å². The first-order valence-corrected chi connectivity index (χ1v) is 8.02. The van der Waals surface area contributed by atoms with E-state index in [4.69, 9.17) is 4.74 Å². The van der Waals surface area contributed by atoms with Gasteiger partial charge in [0, 0.05) is 25.7 Å². The van der Waals surface area contributed by atoms with Gasteiger partial charge in [-0.2, -0.15) is 0 Å². The van der Waals surface area contributed by atoms with Crippen LogP contribution in [-0.4, -0.2) is 44.3 Å². The van der Waals surface area contributed by atoms with E-state index in [1.807, 2.05) is 37.4 Å². The Morgan fingerprint density at radius 1 is 1.25 bits per heavy atom. The van der Waals surface area contributed by atoms with Crippen molar-refractivity contribution in [2.45, 2.75) is 12.5 Å². The maximum atomic E-state index is 13.5. The Bertz CT molecular complexity index is 735. The van der Waals surface area contributed by atoms with Gasteiger partial charge in [0.25, 0.3) is 0 Å². The summed E-state index contributed by atoms with van der Waals surface area (Å²) in [6, 6.07) is 13.8. The number of ether oxygens (including phenoxy) is 1. The van der Waals surface area contributed by atoms with E-state index in [9.17, 15) is 9.18 Å². The first-order valence-electron chi connectivity index (χ1n) is 8.02. The lowest BCUT2D eigenvalue weighted by Crippen LogP contribution is -2.32. The van der Waals surface area contributed by atoms with Crippen LogP contribution in [0.4, 0.5) is 14.9 Å². The molecule has 5 heteroatoms. The second-order valence-corrected chi connectivity index (χ2v) is 6.14. The van der Waals surface area contributed by atoms with Gasteiger partial charge in [0.2, 0.25) is 0 Å². The van der Waals surface area contributed by atoms with Crippen molar-refractivity contribution >= 4 is 11.8 Å². The van der Waals surface area contributed by atoms with Gasteiger partial charge in [-0.15, -0.1) is 0 Å². The van der Waals surface area contributed by atoms with E-state index in [1.54, 1.807) is 13.1 Å². The number of likely N-dealkylation sites (N-methyl/N-ethyl adjacent to an activating group) is 1. The van der Waals surface area contributed by atoms with Gasteiger partial charge in [0.05, 0.1) is 5.69 Å². The quantitative estimate of drug-likeness (QED) is 0.860. The molecule has 0 radical (unpaired) electrons. The average Bonchev–Trinajstić information content (AvgIpc) is 2.99. The van der Waals surface area contributed by atoms with Gasteiger partial charge in [0.15, 0.2) is 0 Å². The molecule has 2 aromatic carbocycles. The highest BCUT2D eigenvalue weighted by atomic mass is 19.1. The fraction of sp³-hybridized carbons (Fsp3) is 0.316. The fourth-order valence-corrected chi connectivity index (χ4v) is 2.98. The number of halogens is 1. The average molecular weight is 328 g/mol. The number of hydrogen-bond acceptors (Lipinski definition) is 3. The lowest BCUT2D eigenvalue weighted by atomic mass is 10.0. The van der Waals surface area contributed by atoms with Crippen molar-refractivity contribution in [3.05, 3.63) is 54.3 Å². The molecular weight excluding hydrogens is 307 g/mol. The minimum atomic E-state index is -0.390. The molecule has 0 aliphatic carbocycles. The van der Waals surface area contributed by atoms with Gasteiger partial charge in [-0.3, -0.25) is 4.90 Å². The number of likely N-dealkylation sites (tertiary alicyclic amines) is 1. The molecule has 1 amide bonds. The van der Waals surface area contributed by atoms with E-state index in [0.717, 1.165) is 30.6 Å². The zero-order valence-corrected chi connectivity index (χ0v) is 13.9. The summed E-state index contributed by atoms with van der Waals surface area (Å²) in [5.74, 6) is -0.304. The molecule has 4 nitrogen and oxygen atoms in total. The first-order chi connectivity index (χ1) is 11.5. The summed E-state index contributed by atoms with van der Waals surface area (Å²) >= 11 is 0. The second kappa shape index (κ2) is 7.01. The third-order valence-corrected chi connectivity index (χ3v) is 4.29. The van der Waals surface area contributed by atoms with Crippen LogP contribution in [-0.2, 0) is 4.74 Å². The highest BCUT2D eigenvalue weighted by Gasteiger charge is 2.25. The Balaban J connectivity index is 1.82. The molecule has 1 atom stereocenters. The zero-order valence-electron chi connectivity index (χ0n) is 13.9. The Labute approximate surface area is 141 Å². The van der Waals surface area contributed by atoms with E-state index in [-0.39, 0.29) is 18.0 Å². The molecule has 126 valence electrons. The van der Waals surface area contributed by atoms with Crippen molar-refractivity contribution in [3.63, 3.8) is 0 Å². The molecule has 1 heterocycles. The number of para-hydroxylation sites is 1. The number of anilines is 1. The van der Waals surface area contributed by atoms with Gasteiger partial charge >= 0.3 is 6.09 Å². The molecule has 1 saturated heterocycles. The first kappa shape index (κ1) is 16.5. The molecule has 0 N–H and O–H groups in total. The molecule has 1 fully saturated rings. The van der Waals surface area contributed by atoms with Crippen molar-refractivity contribution in [2.75, 3.05) is 32.1 Å². The number of carbonyl (C=O) groups excluding carboxylic acids is 1. The summed E-state index contributed by atoms with van der Waals surface area (Å²) in [5.41, 5.74) is 2.21. The smallest absolute Gasteiger partial charge is 0.414 e. The standard InChI is InChI=1S/C19H21FN2O2/c1-21-11-10-16(13-21)24-19(23)22(2)18-9-4-3-8-17(18)14-6-5-7-15(20)12-14/h3-9,12,16H,10-11,13H2,1-2H3/t16-/m0/s1. The van der Waals surface area contributed by atoms with Crippen LogP contribution < -0.4 is 4.90 Å². The van der Waals surface area contributed by atoms with Gasteiger partial charge in [-0.1, -0.05) is 30.3 Å². The molecular formula is C19H21FN2O2. The van der Waals surface area contributed by atoms with E-state index < -0.39 is 0 Å². The van der Waals surface area contributed by atoms with E-state index in [1.165, 1.54) is 17.0 Å². The summed E-state index contributed by atoms with van der Waals surface area (Å²) in [6.45, 7) is 1.69.